The van der Waals surface area contributed by atoms with Gasteiger partial charge in [-0.05, 0) is 28.7 Å². The summed E-state index contributed by atoms with van der Waals surface area (Å²) in [6, 6.07) is 35.0. The second-order valence-electron chi connectivity index (χ2n) is 9.14. The maximum absolute atomic E-state index is 4.44. The summed E-state index contributed by atoms with van der Waals surface area (Å²) < 4.78 is 0. The first kappa shape index (κ1) is 22.3. The number of rotatable bonds is 7. The molecule has 0 spiro atoms. The van der Waals surface area contributed by atoms with Crippen LogP contribution in [-0.4, -0.2) is 47.6 Å². The third kappa shape index (κ3) is 4.34. The van der Waals surface area contributed by atoms with E-state index in [1.807, 2.05) is 18.5 Å². The highest BCUT2D eigenvalue weighted by molar-refractivity contribution is 5.51. The van der Waals surface area contributed by atoms with E-state index >= 15 is 0 Å². The Morgan fingerprint density at radius 2 is 1.09 bits per heavy atom. The normalized spacial score (nSPS) is 15.7. The molecule has 4 heteroatoms. The zero-order valence-electron chi connectivity index (χ0n) is 19.8. The van der Waals surface area contributed by atoms with Crippen LogP contribution in [0, 0.1) is 5.92 Å². The van der Waals surface area contributed by atoms with Gasteiger partial charge in [0.1, 0.15) is 0 Å². The SMILES string of the molecule is CC(CN1CCN(c2ncccn2)CC1)C(c1ccccc1)(c1ccccc1)c1ccccc1. The summed E-state index contributed by atoms with van der Waals surface area (Å²) in [4.78, 5) is 13.8. The van der Waals surface area contributed by atoms with Crippen LogP contribution in [0.25, 0.3) is 0 Å². The van der Waals surface area contributed by atoms with Crippen molar-refractivity contribution in [2.45, 2.75) is 12.3 Å². The minimum atomic E-state index is -0.233. The van der Waals surface area contributed by atoms with Crippen molar-refractivity contribution in [2.24, 2.45) is 5.92 Å². The molecule has 1 fully saturated rings. The van der Waals surface area contributed by atoms with Crippen molar-refractivity contribution in [1.29, 1.82) is 0 Å². The molecule has 172 valence electrons. The molecule has 4 nitrogen and oxygen atoms in total. The van der Waals surface area contributed by atoms with Gasteiger partial charge in [-0.1, -0.05) is 97.9 Å². The van der Waals surface area contributed by atoms with E-state index in [9.17, 15) is 0 Å². The molecule has 0 aliphatic carbocycles. The Morgan fingerprint density at radius 1 is 0.647 bits per heavy atom. The van der Waals surface area contributed by atoms with Gasteiger partial charge >= 0.3 is 0 Å². The van der Waals surface area contributed by atoms with E-state index in [1.165, 1.54) is 16.7 Å². The van der Waals surface area contributed by atoms with Crippen molar-refractivity contribution in [3.63, 3.8) is 0 Å². The molecule has 0 saturated carbocycles. The van der Waals surface area contributed by atoms with Crippen LogP contribution < -0.4 is 4.90 Å². The predicted molar refractivity (Wildman–Crippen MR) is 139 cm³/mol. The lowest BCUT2D eigenvalue weighted by molar-refractivity contribution is 0.198. The number of anilines is 1. The number of hydrogen-bond donors (Lipinski definition) is 0. The zero-order chi connectivity index (χ0) is 23.2. The van der Waals surface area contributed by atoms with Crippen LogP contribution in [0.5, 0.6) is 0 Å². The van der Waals surface area contributed by atoms with Crippen LogP contribution in [-0.2, 0) is 5.41 Å². The lowest BCUT2D eigenvalue weighted by Gasteiger charge is -2.44. The quantitative estimate of drug-likeness (QED) is 0.361. The van der Waals surface area contributed by atoms with Crippen molar-refractivity contribution in [3.05, 3.63) is 126 Å². The van der Waals surface area contributed by atoms with Crippen LogP contribution in [0.2, 0.25) is 0 Å². The van der Waals surface area contributed by atoms with Gasteiger partial charge in [0.15, 0.2) is 0 Å². The highest BCUT2D eigenvalue weighted by Gasteiger charge is 2.42. The van der Waals surface area contributed by atoms with E-state index in [4.69, 9.17) is 0 Å². The number of nitrogens with zero attached hydrogens (tertiary/aromatic N) is 4. The van der Waals surface area contributed by atoms with Crippen LogP contribution in [0.15, 0.2) is 109 Å². The third-order valence-electron chi connectivity index (χ3n) is 7.17. The smallest absolute Gasteiger partial charge is 0.225 e. The molecule has 1 saturated heterocycles. The summed E-state index contributed by atoms with van der Waals surface area (Å²) in [5.41, 5.74) is 3.80. The molecule has 3 aromatic carbocycles. The Kier molecular flexibility index (Phi) is 6.68. The van der Waals surface area contributed by atoms with Gasteiger partial charge < -0.3 is 4.90 Å². The van der Waals surface area contributed by atoms with Crippen molar-refractivity contribution < 1.29 is 0 Å². The summed E-state index contributed by atoms with van der Waals surface area (Å²) in [6.45, 7) is 7.35. The van der Waals surface area contributed by atoms with E-state index in [2.05, 4.69) is 118 Å². The van der Waals surface area contributed by atoms with Gasteiger partial charge in [0.2, 0.25) is 5.95 Å². The fourth-order valence-corrected chi connectivity index (χ4v) is 5.57. The topological polar surface area (TPSA) is 32.3 Å². The molecule has 1 atom stereocenters. The van der Waals surface area contributed by atoms with Gasteiger partial charge in [0.05, 0.1) is 0 Å². The third-order valence-corrected chi connectivity index (χ3v) is 7.17. The van der Waals surface area contributed by atoms with Crippen LogP contribution in [0.4, 0.5) is 5.95 Å². The average molecular weight is 449 g/mol. The molecule has 0 bridgehead atoms. The highest BCUT2D eigenvalue weighted by atomic mass is 15.3. The van der Waals surface area contributed by atoms with Gasteiger partial charge in [-0.3, -0.25) is 4.90 Å². The van der Waals surface area contributed by atoms with Crippen LogP contribution >= 0.6 is 0 Å². The van der Waals surface area contributed by atoms with Gasteiger partial charge in [0, 0.05) is 50.5 Å². The standard InChI is InChI=1S/C30H32N4/c1-25(24-33-20-22-34(23-21-33)29-31-18-11-19-32-29)30(26-12-5-2-6-13-26,27-14-7-3-8-15-27)28-16-9-4-10-17-28/h2-19,25H,20-24H2,1H3. The Labute approximate surface area is 202 Å². The molecule has 0 amide bonds. The molecule has 2 heterocycles. The minimum Gasteiger partial charge on any atom is -0.338 e. The summed E-state index contributed by atoms with van der Waals surface area (Å²) in [7, 11) is 0. The second-order valence-corrected chi connectivity index (χ2v) is 9.14. The first-order valence-electron chi connectivity index (χ1n) is 12.2. The number of benzene rings is 3. The number of piperazine rings is 1. The minimum absolute atomic E-state index is 0.233. The summed E-state index contributed by atoms with van der Waals surface area (Å²) >= 11 is 0. The lowest BCUT2D eigenvalue weighted by Crippen LogP contribution is -2.50. The monoisotopic (exact) mass is 448 g/mol. The van der Waals surface area contributed by atoms with E-state index in [1.54, 1.807) is 0 Å². The van der Waals surface area contributed by atoms with Gasteiger partial charge in [-0.25, -0.2) is 9.97 Å². The van der Waals surface area contributed by atoms with Crippen molar-refractivity contribution >= 4 is 5.95 Å². The molecular formula is C30H32N4. The van der Waals surface area contributed by atoms with Crippen molar-refractivity contribution in [2.75, 3.05) is 37.6 Å². The molecule has 34 heavy (non-hydrogen) atoms. The van der Waals surface area contributed by atoms with E-state index < -0.39 is 0 Å². The van der Waals surface area contributed by atoms with E-state index in [-0.39, 0.29) is 5.41 Å². The summed E-state index contributed by atoms with van der Waals surface area (Å²) in [5.74, 6) is 1.20. The van der Waals surface area contributed by atoms with Crippen LogP contribution in [0.3, 0.4) is 0 Å². The average Bonchev–Trinajstić information content (AvgIpc) is 2.92. The van der Waals surface area contributed by atoms with Crippen molar-refractivity contribution in [1.82, 2.24) is 14.9 Å². The zero-order valence-corrected chi connectivity index (χ0v) is 19.8. The Morgan fingerprint density at radius 3 is 1.53 bits per heavy atom. The fourth-order valence-electron chi connectivity index (χ4n) is 5.57. The molecule has 4 aromatic rings. The molecule has 0 radical (unpaired) electrons. The van der Waals surface area contributed by atoms with Crippen LogP contribution in [0.1, 0.15) is 23.6 Å². The highest BCUT2D eigenvalue weighted by Crippen LogP contribution is 2.45. The summed E-state index contributed by atoms with van der Waals surface area (Å²) in [5, 5.41) is 0. The Hall–Kier alpha value is -3.50. The molecule has 1 unspecified atom stereocenters. The first-order chi connectivity index (χ1) is 16.8. The van der Waals surface area contributed by atoms with Crippen molar-refractivity contribution in [3.8, 4) is 0 Å². The lowest BCUT2D eigenvalue weighted by atomic mass is 9.62. The van der Waals surface area contributed by atoms with Gasteiger partial charge in [0.25, 0.3) is 0 Å². The molecule has 1 aromatic heterocycles. The fraction of sp³-hybridized carbons (Fsp3) is 0.267. The first-order valence-corrected chi connectivity index (χ1v) is 12.2. The summed E-state index contributed by atoms with van der Waals surface area (Å²) in [6.07, 6.45) is 3.65. The van der Waals surface area contributed by atoms with Gasteiger partial charge in [-0.15, -0.1) is 0 Å². The van der Waals surface area contributed by atoms with E-state index in [0.717, 1.165) is 38.7 Å². The molecule has 1 aliphatic heterocycles. The largest absolute Gasteiger partial charge is 0.338 e. The molecule has 1 aliphatic rings. The second kappa shape index (κ2) is 10.2. The maximum Gasteiger partial charge on any atom is 0.225 e. The Bertz CT molecular complexity index is 1040. The maximum atomic E-state index is 4.44. The molecule has 5 rings (SSSR count). The predicted octanol–water partition coefficient (Wildman–Crippen LogP) is 5.27. The number of aromatic nitrogens is 2. The Balaban J connectivity index is 1.47. The molecule has 0 N–H and O–H groups in total. The van der Waals surface area contributed by atoms with Gasteiger partial charge in [-0.2, -0.15) is 0 Å². The number of hydrogen-bond acceptors (Lipinski definition) is 4. The molecular weight excluding hydrogens is 416 g/mol. The van der Waals surface area contributed by atoms with E-state index in [0.29, 0.717) is 5.92 Å².